The summed E-state index contributed by atoms with van der Waals surface area (Å²) < 4.78 is 0. The Morgan fingerprint density at radius 1 is 1.38 bits per heavy atom. The number of pyridine rings is 1. The number of hydrogen-bond acceptors (Lipinski definition) is 4. The zero-order chi connectivity index (χ0) is 15.2. The van der Waals surface area contributed by atoms with Crippen LogP contribution in [0.25, 0.3) is 0 Å². The van der Waals surface area contributed by atoms with Crippen LogP contribution >= 0.6 is 0 Å². The lowest BCUT2D eigenvalue weighted by Crippen LogP contribution is -2.42. The highest BCUT2D eigenvalue weighted by atomic mass is 16.4. The monoisotopic (exact) mass is 292 g/mol. The number of carbonyl (C=O) groups excluding carboxylic acids is 1. The molecule has 0 saturated carbocycles. The smallest absolute Gasteiger partial charge is 0.354 e. The molecule has 1 unspecified atom stereocenters. The van der Waals surface area contributed by atoms with Crippen LogP contribution in [0.3, 0.4) is 0 Å². The number of nitrogens with zero attached hydrogens (tertiary/aromatic N) is 2. The summed E-state index contributed by atoms with van der Waals surface area (Å²) in [6.07, 6.45) is 3.77. The van der Waals surface area contributed by atoms with E-state index in [9.17, 15) is 9.59 Å². The fourth-order valence-electron chi connectivity index (χ4n) is 2.38. The van der Waals surface area contributed by atoms with Gasteiger partial charge in [0.25, 0.3) is 0 Å². The molecule has 2 amide bonds. The van der Waals surface area contributed by atoms with Gasteiger partial charge in [0.2, 0.25) is 0 Å². The van der Waals surface area contributed by atoms with Gasteiger partial charge in [0.05, 0.1) is 11.9 Å². The molecule has 1 saturated heterocycles. The van der Waals surface area contributed by atoms with E-state index in [4.69, 9.17) is 5.11 Å². The summed E-state index contributed by atoms with van der Waals surface area (Å²) in [6, 6.07) is 2.60. The van der Waals surface area contributed by atoms with Crippen molar-refractivity contribution in [1.29, 1.82) is 0 Å². The molecule has 1 fully saturated rings. The Labute approximate surface area is 123 Å². The van der Waals surface area contributed by atoms with Crippen LogP contribution < -0.4 is 10.6 Å². The Hall–Kier alpha value is -2.15. The standard InChI is InChI=1S/C14H20N4O3/c1-10(9-18-6-2-3-7-18)16-14(21)17-11-4-5-12(13(19)20)15-8-11/h4-5,8,10H,2-3,6-7,9H2,1H3,(H,19,20)(H2,16,17,21). The zero-order valence-corrected chi connectivity index (χ0v) is 12.0. The molecule has 114 valence electrons. The molecule has 1 aliphatic rings. The van der Waals surface area contributed by atoms with Gasteiger partial charge in [-0.25, -0.2) is 14.6 Å². The lowest BCUT2D eigenvalue weighted by molar-refractivity contribution is 0.0690. The van der Waals surface area contributed by atoms with Crippen molar-refractivity contribution in [2.45, 2.75) is 25.8 Å². The Morgan fingerprint density at radius 3 is 2.67 bits per heavy atom. The first kappa shape index (κ1) is 15.2. The largest absolute Gasteiger partial charge is 0.477 e. The normalized spacial score (nSPS) is 16.4. The van der Waals surface area contributed by atoms with Gasteiger partial charge in [-0.1, -0.05) is 0 Å². The molecule has 1 atom stereocenters. The first-order chi connectivity index (χ1) is 10.0. The number of amides is 2. The summed E-state index contributed by atoms with van der Waals surface area (Å²) in [6.45, 7) is 4.98. The molecule has 0 aromatic carbocycles. The van der Waals surface area contributed by atoms with E-state index in [0.29, 0.717) is 5.69 Å². The van der Waals surface area contributed by atoms with E-state index in [-0.39, 0.29) is 17.8 Å². The van der Waals surface area contributed by atoms with Crippen LogP contribution in [0.4, 0.5) is 10.5 Å². The van der Waals surface area contributed by atoms with Crippen LogP contribution in [0.15, 0.2) is 18.3 Å². The van der Waals surface area contributed by atoms with Crippen LogP contribution in [-0.2, 0) is 0 Å². The molecule has 7 nitrogen and oxygen atoms in total. The summed E-state index contributed by atoms with van der Waals surface area (Å²) in [5, 5.41) is 14.2. The highest BCUT2D eigenvalue weighted by Crippen LogP contribution is 2.08. The third-order valence-corrected chi connectivity index (χ3v) is 3.35. The van der Waals surface area contributed by atoms with E-state index < -0.39 is 5.97 Å². The molecule has 2 rings (SSSR count). The molecule has 21 heavy (non-hydrogen) atoms. The van der Waals surface area contributed by atoms with Crippen LogP contribution in [0, 0.1) is 0 Å². The third-order valence-electron chi connectivity index (χ3n) is 3.35. The van der Waals surface area contributed by atoms with E-state index in [1.54, 1.807) is 0 Å². The summed E-state index contributed by atoms with van der Waals surface area (Å²) in [7, 11) is 0. The van der Waals surface area contributed by atoms with Crippen LogP contribution in [-0.4, -0.2) is 52.7 Å². The molecule has 1 aromatic heterocycles. The number of urea groups is 1. The van der Waals surface area contributed by atoms with Gasteiger partial charge in [-0.15, -0.1) is 0 Å². The van der Waals surface area contributed by atoms with E-state index in [0.717, 1.165) is 19.6 Å². The molecule has 0 spiro atoms. The molecule has 7 heteroatoms. The molecule has 1 aromatic rings. The zero-order valence-electron chi connectivity index (χ0n) is 12.0. The van der Waals surface area contributed by atoms with E-state index in [2.05, 4.69) is 20.5 Å². The van der Waals surface area contributed by atoms with Crippen molar-refractivity contribution in [3.05, 3.63) is 24.0 Å². The predicted molar refractivity (Wildman–Crippen MR) is 78.5 cm³/mol. The van der Waals surface area contributed by atoms with Gasteiger partial charge < -0.3 is 20.6 Å². The first-order valence-corrected chi connectivity index (χ1v) is 7.04. The number of carboxylic acids is 1. The summed E-state index contributed by atoms with van der Waals surface area (Å²) >= 11 is 0. The lowest BCUT2D eigenvalue weighted by Gasteiger charge is -2.21. The number of aromatic nitrogens is 1. The van der Waals surface area contributed by atoms with Gasteiger partial charge in [0, 0.05) is 12.6 Å². The van der Waals surface area contributed by atoms with Gasteiger partial charge in [-0.05, 0) is 45.0 Å². The van der Waals surface area contributed by atoms with Gasteiger partial charge in [0.1, 0.15) is 5.69 Å². The van der Waals surface area contributed by atoms with Crippen LogP contribution in [0.1, 0.15) is 30.3 Å². The number of nitrogens with one attached hydrogen (secondary N) is 2. The van der Waals surface area contributed by atoms with Crippen molar-refractivity contribution in [2.75, 3.05) is 25.0 Å². The average Bonchev–Trinajstić information content (AvgIpc) is 2.91. The second kappa shape index (κ2) is 7.03. The van der Waals surface area contributed by atoms with Gasteiger partial charge in [-0.3, -0.25) is 0 Å². The molecule has 3 N–H and O–H groups in total. The van der Waals surface area contributed by atoms with Gasteiger partial charge in [0.15, 0.2) is 0 Å². The van der Waals surface area contributed by atoms with Crippen molar-refractivity contribution >= 4 is 17.7 Å². The highest BCUT2D eigenvalue weighted by Gasteiger charge is 2.16. The Kier molecular flexibility index (Phi) is 5.10. The number of rotatable bonds is 5. The Balaban J connectivity index is 1.79. The van der Waals surface area contributed by atoms with Crippen molar-refractivity contribution in [2.24, 2.45) is 0 Å². The predicted octanol–water partition coefficient (Wildman–Crippen LogP) is 1.39. The number of carbonyl (C=O) groups is 2. The summed E-state index contributed by atoms with van der Waals surface area (Å²) in [5.74, 6) is -1.09. The lowest BCUT2D eigenvalue weighted by atomic mass is 10.3. The number of likely N-dealkylation sites (tertiary alicyclic amines) is 1. The van der Waals surface area contributed by atoms with Crippen molar-refractivity contribution in [3.8, 4) is 0 Å². The molecule has 0 aliphatic carbocycles. The summed E-state index contributed by atoms with van der Waals surface area (Å²) in [4.78, 5) is 28.6. The van der Waals surface area contributed by atoms with E-state index in [1.165, 1.54) is 31.2 Å². The van der Waals surface area contributed by atoms with Crippen molar-refractivity contribution in [3.63, 3.8) is 0 Å². The number of aromatic carboxylic acids is 1. The first-order valence-electron chi connectivity index (χ1n) is 7.04. The quantitative estimate of drug-likeness (QED) is 0.762. The molecular weight excluding hydrogens is 272 g/mol. The molecular formula is C14H20N4O3. The van der Waals surface area contributed by atoms with Gasteiger partial charge >= 0.3 is 12.0 Å². The molecule has 1 aliphatic heterocycles. The maximum absolute atomic E-state index is 11.8. The van der Waals surface area contributed by atoms with Crippen LogP contribution in [0.2, 0.25) is 0 Å². The molecule has 2 heterocycles. The van der Waals surface area contributed by atoms with E-state index in [1.807, 2.05) is 6.92 Å². The van der Waals surface area contributed by atoms with E-state index >= 15 is 0 Å². The van der Waals surface area contributed by atoms with Crippen molar-refractivity contribution in [1.82, 2.24) is 15.2 Å². The summed E-state index contributed by atoms with van der Waals surface area (Å²) in [5.41, 5.74) is 0.411. The Bertz CT molecular complexity index is 497. The average molecular weight is 292 g/mol. The second-order valence-electron chi connectivity index (χ2n) is 5.24. The number of hydrogen-bond donors (Lipinski definition) is 3. The minimum Gasteiger partial charge on any atom is -0.477 e. The Morgan fingerprint density at radius 2 is 2.10 bits per heavy atom. The minimum atomic E-state index is -1.09. The highest BCUT2D eigenvalue weighted by molar-refractivity contribution is 5.90. The number of anilines is 1. The number of carboxylic acid groups (broad SMARTS) is 1. The molecule has 0 radical (unpaired) electrons. The third kappa shape index (κ3) is 4.71. The topological polar surface area (TPSA) is 94.6 Å². The maximum Gasteiger partial charge on any atom is 0.354 e. The second-order valence-corrected chi connectivity index (χ2v) is 5.24. The molecule has 0 bridgehead atoms. The fourth-order valence-corrected chi connectivity index (χ4v) is 2.38. The maximum atomic E-state index is 11.8. The minimum absolute atomic E-state index is 0.0503. The van der Waals surface area contributed by atoms with Gasteiger partial charge in [-0.2, -0.15) is 0 Å². The van der Waals surface area contributed by atoms with Crippen molar-refractivity contribution < 1.29 is 14.7 Å². The van der Waals surface area contributed by atoms with Crippen LogP contribution in [0.5, 0.6) is 0 Å². The SMILES string of the molecule is CC(CN1CCCC1)NC(=O)Nc1ccc(C(=O)O)nc1. The fraction of sp³-hybridized carbons (Fsp3) is 0.500.